The molecule has 2 rings (SSSR count). The highest BCUT2D eigenvalue weighted by Crippen LogP contribution is 2.22. The molecule has 0 bridgehead atoms. The van der Waals surface area contributed by atoms with Gasteiger partial charge in [-0.05, 0) is 52.7 Å². The van der Waals surface area contributed by atoms with Crippen LogP contribution in [0.3, 0.4) is 0 Å². The monoisotopic (exact) mass is 250 g/mol. The summed E-state index contributed by atoms with van der Waals surface area (Å²) < 4.78 is 0. The molecule has 0 amide bonds. The van der Waals surface area contributed by atoms with Gasteiger partial charge in [0.2, 0.25) is 0 Å². The Morgan fingerprint density at radius 2 is 2.06 bits per heavy atom. The quantitative estimate of drug-likeness (QED) is 0.733. The number of likely N-dealkylation sites (N-methyl/N-ethyl adjacent to an activating group) is 1. The Kier molecular flexibility index (Phi) is 4.60. The van der Waals surface area contributed by atoms with Gasteiger partial charge in [0.25, 0.3) is 0 Å². The van der Waals surface area contributed by atoms with E-state index in [9.17, 15) is 5.26 Å². The van der Waals surface area contributed by atoms with Crippen LogP contribution < -0.4 is 5.32 Å². The summed E-state index contributed by atoms with van der Waals surface area (Å²) in [5.74, 6) is 0. The van der Waals surface area contributed by atoms with Crippen LogP contribution in [0.5, 0.6) is 0 Å². The molecule has 1 N–H and O–H groups in total. The highest BCUT2D eigenvalue weighted by atomic mass is 15.2. The lowest BCUT2D eigenvalue weighted by Gasteiger charge is -2.30. The van der Waals surface area contributed by atoms with E-state index in [1.54, 1.807) is 0 Å². The minimum Gasteiger partial charge on any atom is -0.302 e. The SMILES string of the molecule is CN(CCN1CCCC1)CC(C)(C#N)NC1CC1. The van der Waals surface area contributed by atoms with Crippen LogP contribution in [0, 0.1) is 11.3 Å². The molecule has 0 aromatic carbocycles. The van der Waals surface area contributed by atoms with Crippen LogP contribution in [0.25, 0.3) is 0 Å². The molecule has 1 aliphatic heterocycles. The first-order chi connectivity index (χ1) is 8.61. The van der Waals surface area contributed by atoms with Crippen LogP contribution in [0.4, 0.5) is 0 Å². The van der Waals surface area contributed by atoms with E-state index in [1.165, 1.54) is 38.8 Å². The van der Waals surface area contributed by atoms with E-state index >= 15 is 0 Å². The summed E-state index contributed by atoms with van der Waals surface area (Å²) in [4.78, 5) is 4.81. The zero-order valence-electron chi connectivity index (χ0n) is 11.8. The van der Waals surface area contributed by atoms with Crippen molar-refractivity contribution in [3.8, 4) is 6.07 Å². The van der Waals surface area contributed by atoms with Crippen LogP contribution in [0.1, 0.15) is 32.6 Å². The molecule has 0 aromatic heterocycles. The number of nitrogens with one attached hydrogen (secondary N) is 1. The van der Waals surface area contributed by atoms with Gasteiger partial charge >= 0.3 is 0 Å². The predicted molar refractivity (Wildman–Crippen MR) is 73.3 cm³/mol. The van der Waals surface area contributed by atoms with E-state index in [0.29, 0.717) is 6.04 Å². The van der Waals surface area contributed by atoms with Crippen molar-refractivity contribution in [1.82, 2.24) is 15.1 Å². The molecule has 0 radical (unpaired) electrons. The molecular weight excluding hydrogens is 224 g/mol. The van der Waals surface area contributed by atoms with Gasteiger partial charge in [-0.1, -0.05) is 0 Å². The molecule has 1 unspecified atom stereocenters. The molecular formula is C14H26N4. The maximum Gasteiger partial charge on any atom is 0.116 e. The third-order valence-corrected chi connectivity index (χ3v) is 3.93. The number of nitriles is 1. The lowest BCUT2D eigenvalue weighted by atomic mass is 10.0. The van der Waals surface area contributed by atoms with Gasteiger partial charge in [-0.3, -0.25) is 5.32 Å². The second kappa shape index (κ2) is 6.01. The van der Waals surface area contributed by atoms with Crippen molar-refractivity contribution in [1.29, 1.82) is 5.26 Å². The van der Waals surface area contributed by atoms with Gasteiger partial charge in [-0.2, -0.15) is 5.26 Å². The molecule has 1 atom stereocenters. The Hall–Kier alpha value is -0.630. The van der Waals surface area contributed by atoms with E-state index < -0.39 is 0 Å². The molecule has 18 heavy (non-hydrogen) atoms. The summed E-state index contributed by atoms with van der Waals surface area (Å²) in [6.07, 6.45) is 5.16. The third kappa shape index (κ3) is 4.24. The minimum absolute atomic E-state index is 0.388. The smallest absolute Gasteiger partial charge is 0.116 e. The zero-order chi connectivity index (χ0) is 13.0. The van der Waals surface area contributed by atoms with Gasteiger partial charge in [0, 0.05) is 25.7 Å². The normalized spacial score (nSPS) is 24.1. The van der Waals surface area contributed by atoms with E-state index in [4.69, 9.17) is 0 Å². The Labute approximate surface area is 111 Å². The van der Waals surface area contributed by atoms with Crippen LogP contribution in [-0.4, -0.2) is 61.2 Å². The van der Waals surface area contributed by atoms with E-state index in [2.05, 4.69) is 28.2 Å². The average Bonchev–Trinajstić information content (AvgIpc) is 2.98. The predicted octanol–water partition coefficient (Wildman–Crippen LogP) is 1.05. The second-order valence-electron chi connectivity index (χ2n) is 6.15. The first-order valence-electron chi connectivity index (χ1n) is 7.21. The summed E-state index contributed by atoms with van der Waals surface area (Å²) in [7, 11) is 2.13. The summed E-state index contributed by atoms with van der Waals surface area (Å²) >= 11 is 0. The maximum atomic E-state index is 9.34. The fraction of sp³-hybridized carbons (Fsp3) is 0.929. The van der Waals surface area contributed by atoms with Gasteiger partial charge in [0.1, 0.15) is 5.54 Å². The van der Waals surface area contributed by atoms with Crippen LogP contribution >= 0.6 is 0 Å². The molecule has 1 saturated heterocycles. The average molecular weight is 250 g/mol. The van der Waals surface area contributed by atoms with Gasteiger partial charge in [-0.25, -0.2) is 0 Å². The van der Waals surface area contributed by atoms with E-state index in [-0.39, 0.29) is 5.54 Å². The summed E-state index contributed by atoms with van der Waals surface area (Å²) in [6, 6.07) is 3.03. The maximum absolute atomic E-state index is 9.34. The molecule has 2 fully saturated rings. The van der Waals surface area contributed by atoms with Gasteiger partial charge in [0.15, 0.2) is 0 Å². The van der Waals surface area contributed by atoms with Crippen LogP contribution in [-0.2, 0) is 0 Å². The Balaban J connectivity index is 1.70. The Morgan fingerprint density at radius 3 is 2.61 bits per heavy atom. The lowest BCUT2D eigenvalue weighted by molar-refractivity contribution is 0.221. The molecule has 1 aliphatic carbocycles. The lowest BCUT2D eigenvalue weighted by Crippen LogP contribution is -2.51. The highest BCUT2D eigenvalue weighted by molar-refractivity contribution is 5.08. The molecule has 102 valence electrons. The fourth-order valence-electron chi connectivity index (χ4n) is 2.73. The first kappa shape index (κ1) is 13.8. The molecule has 4 nitrogen and oxygen atoms in total. The summed E-state index contributed by atoms with van der Waals surface area (Å²) in [5, 5.41) is 12.8. The second-order valence-corrected chi connectivity index (χ2v) is 6.15. The number of rotatable bonds is 7. The van der Waals surface area contributed by atoms with E-state index in [0.717, 1.165) is 19.6 Å². The van der Waals surface area contributed by atoms with Crippen LogP contribution in [0.2, 0.25) is 0 Å². The Morgan fingerprint density at radius 1 is 1.39 bits per heavy atom. The van der Waals surface area contributed by atoms with Crippen molar-refractivity contribution < 1.29 is 0 Å². The molecule has 0 spiro atoms. The van der Waals surface area contributed by atoms with Gasteiger partial charge in [0.05, 0.1) is 6.07 Å². The standard InChI is InChI=1S/C14H26N4/c1-14(11-15,16-13-5-6-13)12-17(2)9-10-18-7-3-4-8-18/h13,16H,3-10,12H2,1-2H3. The molecule has 2 aliphatic rings. The minimum atomic E-state index is -0.388. The Bertz CT molecular complexity index is 301. The van der Waals surface area contributed by atoms with E-state index in [1.807, 2.05) is 6.92 Å². The van der Waals surface area contributed by atoms with Gasteiger partial charge < -0.3 is 9.80 Å². The number of likely N-dealkylation sites (tertiary alicyclic amines) is 1. The molecule has 0 aromatic rings. The zero-order valence-corrected chi connectivity index (χ0v) is 11.8. The summed E-state index contributed by atoms with van der Waals surface area (Å²) in [5.41, 5.74) is -0.388. The molecule has 1 heterocycles. The van der Waals surface area contributed by atoms with Crippen molar-refractivity contribution in [2.45, 2.75) is 44.2 Å². The first-order valence-corrected chi connectivity index (χ1v) is 7.21. The van der Waals surface area contributed by atoms with Crippen molar-refractivity contribution in [2.75, 3.05) is 39.8 Å². The number of hydrogen-bond acceptors (Lipinski definition) is 4. The highest BCUT2D eigenvalue weighted by Gasteiger charge is 2.33. The van der Waals surface area contributed by atoms with Gasteiger partial charge in [-0.15, -0.1) is 0 Å². The molecule has 4 heteroatoms. The molecule has 1 saturated carbocycles. The van der Waals surface area contributed by atoms with Crippen LogP contribution in [0.15, 0.2) is 0 Å². The van der Waals surface area contributed by atoms with Crippen molar-refractivity contribution in [2.24, 2.45) is 0 Å². The van der Waals surface area contributed by atoms with Crippen molar-refractivity contribution in [3.63, 3.8) is 0 Å². The van der Waals surface area contributed by atoms with Crippen molar-refractivity contribution in [3.05, 3.63) is 0 Å². The number of hydrogen-bond donors (Lipinski definition) is 1. The number of nitrogens with zero attached hydrogens (tertiary/aromatic N) is 3. The largest absolute Gasteiger partial charge is 0.302 e. The fourth-order valence-corrected chi connectivity index (χ4v) is 2.73. The third-order valence-electron chi connectivity index (χ3n) is 3.93. The summed E-state index contributed by atoms with van der Waals surface area (Å²) in [6.45, 7) is 7.55. The van der Waals surface area contributed by atoms with Crippen molar-refractivity contribution >= 4 is 0 Å². The topological polar surface area (TPSA) is 42.3 Å².